The standard InChI is InChI=1S/C28H28ClN3O4S/c1-19(20-15-17-31(18-16-20)37(34,35)22-13-11-21(29)12-14-22)27-30-24-8-4-3-7-23(24)28(33)32(27)25-9-5-6-10-26(25)36-2/h3-14,19-20H,15-18H2,1-2H3. The van der Waals surface area contributed by atoms with E-state index in [0.29, 0.717) is 59.1 Å². The summed E-state index contributed by atoms with van der Waals surface area (Å²) < 4.78 is 35.1. The molecule has 0 spiro atoms. The van der Waals surface area contributed by atoms with Gasteiger partial charge in [0.1, 0.15) is 11.6 Å². The van der Waals surface area contributed by atoms with Crippen LogP contribution in [0.4, 0.5) is 0 Å². The molecular formula is C28H28ClN3O4S. The van der Waals surface area contributed by atoms with Gasteiger partial charge in [0.15, 0.2) is 0 Å². The first-order valence-corrected chi connectivity index (χ1v) is 14.0. The van der Waals surface area contributed by atoms with Gasteiger partial charge in [-0.3, -0.25) is 9.36 Å². The Morgan fingerprint density at radius 1 is 0.973 bits per heavy atom. The third-order valence-corrected chi connectivity index (χ3v) is 9.36. The molecule has 1 aliphatic heterocycles. The Hall–Kier alpha value is -3.20. The normalized spacial score (nSPS) is 16.1. The van der Waals surface area contributed by atoms with Crippen LogP contribution in [0.3, 0.4) is 0 Å². The summed E-state index contributed by atoms with van der Waals surface area (Å²) in [5.74, 6) is 1.28. The second kappa shape index (κ2) is 10.3. The van der Waals surface area contributed by atoms with Crippen molar-refractivity contribution in [2.24, 2.45) is 5.92 Å². The molecule has 1 unspecified atom stereocenters. The zero-order valence-electron chi connectivity index (χ0n) is 20.7. The molecule has 1 fully saturated rings. The van der Waals surface area contributed by atoms with Gasteiger partial charge in [-0.2, -0.15) is 4.31 Å². The average molecular weight is 538 g/mol. The third-order valence-electron chi connectivity index (χ3n) is 7.19. The first-order valence-electron chi connectivity index (χ1n) is 12.2. The van der Waals surface area contributed by atoms with Gasteiger partial charge in [-0.15, -0.1) is 0 Å². The van der Waals surface area contributed by atoms with Gasteiger partial charge in [0, 0.05) is 24.0 Å². The summed E-state index contributed by atoms with van der Waals surface area (Å²) in [6, 6.07) is 21.0. The second-order valence-electron chi connectivity index (χ2n) is 9.28. The molecule has 5 rings (SSSR count). The molecule has 0 N–H and O–H groups in total. The number of hydrogen-bond acceptors (Lipinski definition) is 5. The number of hydrogen-bond donors (Lipinski definition) is 0. The van der Waals surface area contributed by atoms with Crippen LogP contribution >= 0.6 is 11.6 Å². The molecule has 1 atom stereocenters. The third kappa shape index (κ3) is 4.77. The maximum absolute atomic E-state index is 13.7. The van der Waals surface area contributed by atoms with E-state index in [4.69, 9.17) is 21.3 Å². The quantitative estimate of drug-likeness (QED) is 0.335. The Kier molecular flexibility index (Phi) is 7.07. The number of benzene rings is 3. The highest BCUT2D eigenvalue weighted by atomic mass is 35.5. The largest absolute Gasteiger partial charge is 0.495 e. The summed E-state index contributed by atoms with van der Waals surface area (Å²) in [7, 11) is -2.02. The second-order valence-corrected chi connectivity index (χ2v) is 11.7. The molecule has 0 amide bonds. The zero-order valence-corrected chi connectivity index (χ0v) is 22.2. The van der Waals surface area contributed by atoms with Crippen molar-refractivity contribution < 1.29 is 13.2 Å². The molecule has 7 nitrogen and oxygen atoms in total. The Morgan fingerprint density at radius 3 is 2.32 bits per heavy atom. The van der Waals surface area contributed by atoms with Crippen LogP contribution in [0.25, 0.3) is 16.6 Å². The summed E-state index contributed by atoms with van der Waals surface area (Å²) in [6.07, 6.45) is 1.31. The molecule has 3 aromatic carbocycles. The Morgan fingerprint density at radius 2 is 1.62 bits per heavy atom. The van der Waals surface area contributed by atoms with Crippen molar-refractivity contribution in [1.82, 2.24) is 13.9 Å². The minimum Gasteiger partial charge on any atom is -0.495 e. The van der Waals surface area contributed by atoms with E-state index in [1.807, 2.05) is 42.5 Å². The van der Waals surface area contributed by atoms with E-state index < -0.39 is 10.0 Å². The first kappa shape index (κ1) is 25.4. The number of nitrogens with zero attached hydrogens (tertiary/aromatic N) is 3. The number of fused-ring (bicyclic) bond motifs is 1. The van der Waals surface area contributed by atoms with E-state index in [0.717, 1.165) is 0 Å². The molecule has 192 valence electrons. The highest BCUT2D eigenvalue weighted by Gasteiger charge is 2.33. The lowest BCUT2D eigenvalue weighted by Crippen LogP contribution is -2.40. The summed E-state index contributed by atoms with van der Waals surface area (Å²) in [6.45, 7) is 2.86. The van der Waals surface area contributed by atoms with Crippen molar-refractivity contribution in [2.75, 3.05) is 20.2 Å². The van der Waals surface area contributed by atoms with Crippen LogP contribution in [0.1, 0.15) is 31.5 Å². The van der Waals surface area contributed by atoms with Crippen LogP contribution in [0, 0.1) is 5.92 Å². The van der Waals surface area contributed by atoms with Crippen molar-refractivity contribution in [1.29, 1.82) is 0 Å². The van der Waals surface area contributed by atoms with E-state index in [2.05, 4.69) is 6.92 Å². The fraction of sp³-hybridized carbons (Fsp3) is 0.286. The topological polar surface area (TPSA) is 81.5 Å². The maximum Gasteiger partial charge on any atom is 0.266 e. The van der Waals surface area contributed by atoms with E-state index in [-0.39, 0.29) is 22.3 Å². The van der Waals surface area contributed by atoms with Crippen LogP contribution < -0.4 is 10.3 Å². The van der Waals surface area contributed by atoms with Gasteiger partial charge in [0.2, 0.25) is 10.0 Å². The Balaban J connectivity index is 1.49. The number of ether oxygens (including phenoxy) is 1. The van der Waals surface area contributed by atoms with Crippen LogP contribution in [0.2, 0.25) is 5.02 Å². The molecule has 4 aromatic rings. The average Bonchev–Trinajstić information content (AvgIpc) is 2.93. The van der Waals surface area contributed by atoms with Crippen molar-refractivity contribution in [3.05, 3.63) is 94.0 Å². The minimum atomic E-state index is -3.60. The molecular weight excluding hydrogens is 510 g/mol. The minimum absolute atomic E-state index is 0.0948. The number of para-hydroxylation sites is 3. The first-order chi connectivity index (χ1) is 17.8. The molecule has 1 saturated heterocycles. The van der Waals surface area contributed by atoms with E-state index in [1.54, 1.807) is 29.9 Å². The van der Waals surface area contributed by atoms with Gasteiger partial charge in [-0.1, -0.05) is 42.8 Å². The summed E-state index contributed by atoms with van der Waals surface area (Å²) in [5.41, 5.74) is 1.13. The van der Waals surface area contributed by atoms with Crippen molar-refractivity contribution in [2.45, 2.75) is 30.6 Å². The summed E-state index contributed by atoms with van der Waals surface area (Å²) >= 11 is 5.94. The Bertz CT molecular complexity index is 1590. The van der Waals surface area contributed by atoms with Crippen molar-refractivity contribution in [3.63, 3.8) is 0 Å². The van der Waals surface area contributed by atoms with Gasteiger partial charge in [0.25, 0.3) is 5.56 Å². The van der Waals surface area contributed by atoms with E-state index in [9.17, 15) is 13.2 Å². The number of sulfonamides is 1. The molecule has 1 aromatic heterocycles. The number of halogens is 1. The smallest absolute Gasteiger partial charge is 0.266 e. The van der Waals surface area contributed by atoms with Crippen LogP contribution in [-0.4, -0.2) is 42.5 Å². The lowest BCUT2D eigenvalue weighted by Gasteiger charge is -2.34. The Labute approximate surface area is 221 Å². The van der Waals surface area contributed by atoms with E-state index >= 15 is 0 Å². The highest BCUT2D eigenvalue weighted by Crippen LogP contribution is 2.35. The predicted octanol–water partition coefficient (Wildman–Crippen LogP) is 5.25. The lowest BCUT2D eigenvalue weighted by molar-refractivity contribution is 0.245. The number of rotatable bonds is 6. The van der Waals surface area contributed by atoms with E-state index in [1.165, 1.54) is 16.4 Å². The molecule has 0 saturated carbocycles. The maximum atomic E-state index is 13.7. The van der Waals surface area contributed by atoms with Gasteiger partial charge in [0.05, 0.1) is 28.6 Å². The molecule has 9 heteroatoms. The highest BCUT2D eigenvalue weighted by molar-refractivity contribution is 7.89. The lowest BCUT2D eigenvalue weighted by atomic mass is 9.85. The molecule has 0 radical (unpaired) electrons. The number of methoxy groups -OCH3 is 1. The molecule has 2 heterocycles. The van der Waals surface area contributed by atoms with Gasteiger partial charge in [-0.05, 0) is 67.3 Å². The van der Waals surface area contributed by atoms with Crippen molar-refractivity contribution in [3.8, 4) is 11.4 Å². The molecule has 0 aliphatic carbocycles. The fourth-order valence-corrected chi connectivity index (χ4v) is 6.68. The van der Waals surface area contributed by atoms with Crippen molar-refractivity contribution >= 4 is 32.5 Å². The SMILES string of the molecule is COc1ccccc1-n1c(C(C)C2CCN(S(=O)(=O)c3ccc(Cl)cc3)CC2)nc2ccccc2c1=O. The molecule has 0 bridgehead atoms. The predicted molar refractivity (Wildman–Crippen MR) is 145 cm³/mol. The summed E-state index contributed by atoms with van der Waals surface area (Å²) in [4.78, 5) is 18.9. The van der Waals surface area contributed by atoms with Crippen LogP contribution in [-0.2, 0) is 10.0 Å². The van der Waals surface area contributed by atoms with Gasteiger partial charge < -0.3 is 4.74 Å². The summed E-state index contributed by atoms with van der Waals surface area (Å²) in [5, 5.41) is 1.03. The van der Waals surface area contributed by atoms with Crippen LogP contribution in [0.15, 0.2) is 82.5 Å². The van der Waals surface area contributed by atoms with Crippen LogP contribution in [0.5, 0.6) is 5.75 Å². The molecule has 1 aliphatic rings. The zero-order chi connectivity index (χ0) is 26.2. The monoisotopic (exact) mass is 537 g/mol. The number of piperidine rings is 1. The number of aromatic nitrogens is 2. The van der Waals surface area contributed by atoms with Gasteiger partial charge in [-0.25, -0.2) is 13.4 Å². The fourth-order valence-electron chi connectivity index (χ4n) is 5.09. The molecule has 37 heavy (non-hydrogen) atoms. The van der Waals surface area contributed by atoms with Gasteiger partial charge >= 0.3 is 0 Å².